The van der Waals surface area contributed by atoms with Gasteiger partial charge in [0, 0.05) is 0 Å². The van der Waals surface area contributed by atoms with Gasteiger partial charge in [0.25, 0.3) is 0 Å². The zero-order valence-electron chi connectivity index (χ0n) is 11.4. The predicted octanol–water partition coefficient (Wildman–Crippen LogP) is 1.94. The van der Waals surface area contributed by atoms with Crippen LogP contribution in [0.4, 0.5) is 0 Å². The molecule has 0 aliphatic rings. The summed E-state index contributed by atoms with van der Waals surface area (Å²) in [6.45, 7) is 3.91. The van der Waals surface area contributed by atoms with Crippen LogP contribution in [0.5, 0.6) is 0 Å². The number of carboxylic acid groups (broad SMARTS) is 1. The van der Waals surface area contributed by atoms with E-state index in [2.05, 4.69) is 4.18 Å². The third-order valence-electron chi connectivity index (χ3n) is 2.75. The lowest BCUT2D eigenvalue weighted by Gasteiger charge is -2.14. The normalized spacial score (nSPS) is 12.9. The Balaban J connectivity index is 4.29. The van der Waals surface area contributed by atoms with Crippen LogP contribution in [0.25, 0.3) is 0 Å². The Morgan fingerprint density at radius 1 is 1.21 bits per heavy atom. The molecule has 112 valence electrons. The van der Waals surface area contributed by atoms with Gasteiger partial charge in [0.15, 0.2) is 0 Å². The molecule has 0 saturated carbocycles. The van der Waals surface area contributed by atoms with Crippen LogP contribution in [0.1, 0.15) is 52.4 Å². The minimum absolute atomic E-state index is 0.0303. The Kier molecular flexibility index (Phi) is 8.38. The molecule has 0 spiro atoms. The highest BCUT2D eigenvalue weighted by atomic mass is 32.2. The number of carboxylic acids is 1. The van der Waals surface area contributed by atoms with Gasteiger partial charge in [-0.1, -0.05) is 33.1 Å². The lowest BCUT2D eigenvalue weighted by molar-refractivity contribution is -0.142. The van der Waals surface area contributed by atoms with E-state index in [1.807, 2.05) is 13.8 Å². The smallest absolute Gasteiger partial charge is 0.322 e. The molecule has 0 bridgehead atoms. The Morgan fingerprint density at radius 3 is 2.32 bits per heavy atom. The maximum Gasteiger partial charge on any atom is 0.322 e. The van der Waals surface area contributed by atoms with E-state index in [0.717, 1.165) is 19.3 Å². The minimum atomic E-state index is -3.91. The van der Waals surface area contributed by atoms with E-state index in [0.29, 0.717) is 6.42 Å². The summed E-state index contributed by atoms with van der Waals surface area (Å²) in [6, 6.07) is 0. The lowest BCUT2D eigenvalue weighted by Crippen LogP contribution is -2.21. The molecule has 0 amide bonds. The average molecular weight is 294 g/mol. The molecule has 7 heteroatoms. The molecule has 0 aromatic heterocycles. The van der Waals surface area contributed by atoms with E-state index < -0.39 is 34.9 Å². The fourth-order valence-corrected chi connectivity index (χ4v) is 3.03. The molecule has 0 fully saturated rings. The van der Waals surface area contributed by atoms with Crippen LogP contribution >= 0.6 is 0 Å². The SMILES string of the molecule is CCCCC(CC)CS(=O)(=O)OC(=O)CCC(=O)O. The van der Waals surface area contributed by atoms with Gasteiger partial charge in [0.05, 0.1) is 18.6 Å². The van der Waals surface area contributed by atoms with Crippen LogP contribution in [0.3, 0.4) is 0 Å². The van der Waals surface area contributed by atoms with Crippen molar-refractivity contribution in [1.82, 2.24) is 0 Å². The summed E-state index contributed by atoms with van der Waals surface area (Å²) in [7, 11) is -3.91. The van der Waals surface area contributed by atoms with E-state index in [-0.39, 0.29) is 11.7 Å². The first-order chi connectivity index (χ1) is 8.80. The molecule has 19 heavy (non-hydrogen) atoms. The van der Waals surface area contributed by atoms with Crippen LogP contribution in [-0.2, 0) is 23.9 Å². The standard InChI is InChI=1S/C12H22O6S/c1-3-5-6-10(4-2)9-19(16,17)18-12(15)8-7-11(13)14/h10H,3-9H2,1-2H3,(H,13,14). The number of aliphatic carboxylic acids is 1. The summed E-state index contributed by atoms with van der Waals surface area (Å²) >= 11 is 0. The number of carbonyl (C=O) groups excluding carboxylic acids is 1. The van der Waals surface area contributed by atoms with Crippen LogP contribution in [0.2, 0.25) is 0 Å². The third-order valence-corrected chi connectivity index (χ3v) is 4.07. The third kappa shape index (κ3) is 9.47. The van der Waals surface area contributed by atoms with E-state index in [1.165, 1.54) is 0 Å². The summed E-state index contributed by atoms with van der Waals surface area (Å²) in [4.78, 5) is 21.4. The maximum atomic E-state index is 11.6. The number of carbonyl (C=O) groups is 2. The molecule has 0 aromatic carbocycles. The van der Waals surface area contributed by atoms with Crippen molar-refractivity contribution in [3.63, 3.8) is 0 Å². The van der Waals surface area contributed by atoms with Crippen molar-refractivity contribution in [3.05, 3.63) is 0 Å². The van der Waals surface area contributed by atoms with Crippen molar-refractivity contribution in [2.24, 2.45) is 5.92 Å². The second-order valence-electron chi connectivity index (χ2n) is 4.49. The molecule has 0 aliphatic heterocycles. The van der Waals surface area contributed by atoms with E-state index in [9.17, 15) is 18.0 Å². The molecular formula is C12H22O6S. The molecule has 0 saturated heterocycles. The zero-order valence-corrected chi connectivity index (χ0v) is 12.2. The first-order valence-electron chi connectivity index (χ1n) is 6.47. The average Bonchev–Trinajstić information content (AvgIpc) is 2.31. The van der Waals surface area contributed by atoms with Crippen molar-refractivity contribution in [2.75, 3.05) is 5.75 Å². The van der Waals surface area contributed by atoms with Gasteiger partial charge in [-0.25, -0.2) is 0 Å². The highest BCUT2D eigenvalue weighted by Crippen LogP contribution is 2.16. The van der Waals surface area contributed by atoms with Crippen LogP contribution < -0.4 is 0 Å². The summed E-state index contributed by atoms with van der Waals surface area (Å²) in [6.07, 6.45) is 2.53. The van der Waals surface area contributed by atoms with Crippen molar-refractivity contribution in [1.29, 1.82) is 0 Å². The molecule has 6 nitrogen and oxygen atoms in total. The van der Waals surface area contributed by atoms with Crippen LogP contribution in [-0.4, -0.2) is 31.2 Å². The summed E-state index contributed by atoms with van der Waals surface area (Å²) in [5, 5.41) is 8.38. The lowest BCUT2D eigenvalue weighted by atomic mass is 10.0. The summed E-state index contributed by atoms with van der Waals surface area (Å²) in [5.74, 6) is -2.39. The molecule has 1 N–H and O–H groups in total. The molecule has 0 heterocycles. The van der Waals surface area contributed by atoms with Gasteiger partial charge >= 0.3 is 22.1 Å². The monoisotopic (exact) mass is 294 g/mol. The topological polar surface area (TPSA) is 97.7 Å². The Labute approximate surface area is 114 Å². The molecular weight excluding hydrogens is 272 g/mol. The van der Waals surface area contributed by atoms with Crippen molar-refractivity contribution in [3.8, 4) is 0 Å². The largest absolute Gasteiger partial charge is 0.481 e. The molecule has 0 aromatic rings. The molecule has 0 rings (SSSR count). The van der Waals surface area contributed by atoms with E-state index >= 15 is 0 Å². The second kappa shape index (κ2) is 8.90. The fourth-order valence-electron chi connectivity index (χ4n) is 1.61. The minimum Gasteiger partial charge on any atom is -0.481 e. The number of rotatable bonds is 10. The molecule has 0 aliphatic carbocycles. The van der Waals surface area contributed by atoms with Gasteiger partial charge in [-0.2, -0.15) is 8.42 Å². The number of hydrogen-bond donors (Lipinski definition) is 1. The van der Waals surface area contributed by atoms with Crippen LogP contribution in [0.15, 0.2) is 0 Å². The van der Waals surface area contributed by atoms with E-state index in [1.54, 1.807) is 0 Å². The van der Waals surface area contributed by atoms with E-state index in [4.69, 9.17) is 5.11 Å². The van der Waals surface area contributed by atoms with Crippen molar-refractivity contribution >= 4 is 22.1 Å². The highest BCUT2D eigenvalue weighted by Gasteiger charge is 2.22. The number of hydrogen-bond acceptors (Lipinski definition) is 5. The second-order valence-corrected chi connectivity index (χ2v) is 6.11. The zero-order chi connectivity index (χ0) is 14.9. The van der Waals surface area contributed by atoms with Crippen LogP contribution in [0, 0.1) is 5.92 Å². The van der Waals surface area contributed by atoms with Gasteiger partial charge in [-0.15, -0.1) is 0 Å². The first-order valence-corrected chi connectivity index (χ1v) is 8.05. The Hall–Kier alpha value is -1.11. The van der Waals surface area contributed by atoms with Crippen molar-refractivity contribution < 1.29 is 27.3 Å². The van der Waals surface area contributed by atoms with Gasteiger partial charge in [-0.05, 0) is 12.3 Å². The predicted molar refractivity (Wildman–Crippen MR) is 70.1 cm³/mol. The number of unbranched alkanes of at least 4 members (excludes halogenated alkanes) is 1. The molecule has 0 radical (unpaired) electrons. The summed E-state index contributed by atoms with van der Waals surface area (Å²) < 4.78 is 27.6. The highest BCUT2D eigenvalue weighted by molar-refractivity contribution is 7.87. The molecule has 1 atom stereocenters. The van der Waals surface area contributed by atoms with Crippen molar-refractivity contribution in [2.45, 2.75) is 52.4 Å². The van der Waals surface area contributed by atoms with Gasteiger partial charge in [0.2, 0.25) is 0 Å². The van der Waals surface area contributed by atoms with Gasteiger partial charge < -0.3 is 9.29 Å². The fraction of sp³-hybridized carbons (Fsp3) is 0.833. The maximum absolute atomic E-state index is 11.6. The van der Waals surface area contributed by atoms with Gasteiger partial charge in [-0.3, -0.25) is 9.59 Å². The summed E-state index contributed by atoms with van der Waals surface area (Å²) in [5.41, 5.74) is 0. The Bertz CT molecular complexity index is 387. The molecule has 1 unspecified atom stereocenters. The Morgan fingerprint density at radius 2 is 1.84 bits per heavy atom. The quantitative estimate of drug-likeness (QED) is 0.618. The van der Waals surface area contributed by atoms with Gasteiger partial charge in [0.1, 0.15) is 0 Å². The first kappa shape index (κ1) is 17.9.